The summed E-state index contributed by atoms with van der Waals surface area (Å²) in [5.74, 6) is 2.04. The molecule has 154 valence electrons. The maximum absolute atomic E-state index is 11.9. The molecule has 2 atom stereocenters. The fourth-order valence-corrected chi connectivity index (χ4v) is 4.94. The Balaban J connectivity index is 2.15. The summed E-state index contributed by atoms with van der Waals surface area (Å²) in [6.45, 7) is 14.8. The van der Waals surface area contributed by atoms with Crippen LogP contribution in [0.2, 0.25) is 0 Å². The van der Waals surface area contributed by atoms with Crippen LogP contribution in [0.15, 0.2) is 23.8 Å². The number of allylic oxidation sites excluding steroid dienone is 2. The molecule has 0 fully saturated rings. The van der Waals surface area contributed by atoms with E-state index >= 15 is 0 Å². The summed E-state index contributed by atoms with van der Waals surface area (Å²) in [5, 5.41) is 0. The third-order valence-corrected chi connectivity index (χ3v) is 6.68. The summed E-state index contributed by atoms with van der Waals surface area (Å²) < 4.78 is 12.3. The van der Waals surface area contributed by atoms with Crippen LogP contribution in [-0.4, -0.2) is 11.6 Å². The normalized spacial score (nSPS) is 23.2. The van der Waals surface area contributed by atoms with Crippen molar-refractivity contribution in [2.24, 2.45) is 5.92 Å². The molecule has 0 saturated carbocycles. The Morgan fingerprint density at radius 2 is 2.04 bits per heavy atom. The molecule has 1 aromatic carbocycles. The average molecular weight is 385 g/mol. The Kier molecular flexibility index (Phi) is 5.67. The van der Waals surface area contributed by atoms with E-state index in [1.807, 2.05) is 0 Å². The second-order valence-electron chi connectivity index (χ2n) is 9.88. The summed E-state index contributed by atoms with van der Waals surface area (Å²) in [7, 11) is 0. The molecule has 0 aromatic heterocycles. The van der Waals surface area contributed by atoms with Crippen molar-refractivity contribution in [3.63, 3.8) is 0 Å². The standard InChI is InChI=1S/C25H36O3/c1-8-9-12-24(4,5)18-14-21(27-17(3)26)23-19-13-16(2)10-11-20(19)25(6,7)28-22(23)15-18/h10,14-15,19-20H,8-9,11-13H2,1-7H3. The molecule has 0 saturated heterocycles. The lowest BCUT2D eigenvalue weighted by molar-refractivity contribution is -0.132. The quantitative estimate of drug-likeness (QED) is 0.322. The smallest absolute Gasteiger partial charge is 0.308 e. The lowest BCUT2D eigenvalue weighted by Gasteiger charge is -2.47. The number of ether oxygens (including phenoxy) is 2. The van der Waals surface area contributed by atoms with Gasteiger partial charge in [-0.1, -0.05) is 45.3 Å². The topological polar surface area (TPSA) is 35.5 Å². The predicted octanol–water partition coefficient (Wildman–Crippen LogP) is 6.69. The van der Waals surface area contributed by atoms with E-state index in [1.165, 1.54) is 30.9 Å². The molecule has 3 rings (SSSR count). The van der Waals surface area contributed by atoms with Gasteiger partial charge in [-0.3, -0.25) is 4.79 Å². The molecule has 3 heteroatoms. The van der Waals surface area contributed by atoms with Gasteiger partial charge in [-0.2, -0.15) is 0 Å². The molecule has 1 aliphatic carbocycles. The van der Waals surface area contributed by atoms with Crippen LogP contribution >= 0.6 is 0 Å². The van der Waals surface area contributed by atoms with E-state index in [-0.39, 0.29) is 17.0 Å². The molecule has 0 N–H and O–H groups in total. The van der Waals surface area contributed by atoms with Crippen molar-refractivity contribution in [2.75, 3.05) is 0 Å². The van der Waals surface area contributed by atoms with E-state index in [0.29, 0.717) is 17.6 Å². The van der Waals surface area contributed by atoms with Crippen LogP contribution in [0.25, 0.3) is 0 Å². The highest BCUT2D eigenvalue weighted by atomic mass is 16.5. The minimum atomic E-state index is -0.268. The van der Waals surface area contributed by atoms with Crippen LogP contribution in [0.1, 0.15) is 97.6 Å². The van der Waals surface area contributed by atoms with Gasteiger partial charge in [-0.15, -0.1) is 0 Å². The van der Waals surface area contributed by atoms with Crippen LogP contribution in [0.4, 0.5) is 0 Å². The molecule has 1 aromatic rings. The first-order chi connectivity index (χ1) is 13.0. The second-order valence-corrected chi connectivity index (χ2v) is 9.88. The molecular weight excluding hydrogens is 348 g/mol. The highest BCUT2D eigenvalue weighted by Crippen LogP contribution is 2.55. The molecule has 2 aliphatic rings. The number of esters is 1. The fourth-order valence-electron chi connectivity index (χ4n) is 4.94. The van der Waals surface area contributed by atoms with Crippen LogP contribution in [0.5, 0.6) is 11.5 Å². The molecule has 1 aliphatic heterocycles. The van der Waals surface area contributed by atoms with Crippen LogP contribution < -0.4 is 9.47 Å². The van der Waals surface area contributed by atoms with Crippen molar-refractivity contribution in [2.45, 2.75) is 97.5 Å². The van der Waals surface area contributed by atoms with Crippen molar-refractivity contribution in [3.05, 3.63) is 34.9 Å². The first-order valence-corrected chi connectivity index (χ1v) is 10.8. The van der Waals surface area contributed by atoms with Crippen molar-refractivity contribution in [1.82, 2.24) is 0 Å². The molecule has 2 unspecified atom stereocenters. The zero-order valence-electron chi connectivity index (χ0n) is 18.6. The predicted molar refractivity (Wildman–Crippen MR) is 114 cm³/mol. The van der Waals surface area contributed by atoms with E-state index in [1.54, 1.807) is 0 Å². The summed E-state index contributed by atoms with van der Waals surface area (Å²) in [6.07, 6.45) is 7.78. The minimum absolute atomic E-state index is 0.00662. The Labute approximate surface area is 170 Å². The second kappa shape index (κ2) is 7.57. The lowest BCUT2D eigenvalue weighted by Crippen LogP contribution is -2.45. The van der Waals surface area contributed by atoms with Crippen LogP contribution in [-0.2, 0) is 10.2 Å². The fraction of sp³-hybridized carbons (Fsp3) is 0.640. The molecule has 0 spiro atoms. The molecular formula is C25H36O3. The molecule has 28 heavy (non-hydrogen) atoms. The Morgan fingerprint density at radius 3 is 2.68 bits per heavy atom. The van der Waals surface area contributed by atoms with Gasteiger partial charge in [0.2, 0.25) is 0 Å². The van der Waals surface area contributed by atoms with E-state index in [9.17, 15) is 4.79 Å². The maximum atomic E-state index is 11.9. The number of carbonyl (C=O) groups is 1. The SMILES string of the molecule is CCCCC(C)(C)c1cc(OC(C)=O)c2c(c1)OC(C)(C)C1CC=C(C)CC21. The van der Waals surface area contributed by atoms with Gasteiger partial charge < -0.3 is 9.47 Å². The minimum Gasteiger partial charge on any atom is -0.487 e. The van der Waals surface area contributed by atoms with Gasteiger partial charge in [0, 0.05) is 24.3 Å². The summed E-state index contributed by atoms with van der Waals surface area (Å²) in [6, 6.07) is 4.31. The highest BCUT2D eigenvalue weighted by Gasteiger charge is 2.46. The summed E-state index contributed by atoms with van der Waals surface area (Å²) in [4.78, 5) is 11.9. The van der Waals surface area contributed by atoms with Gasteiger partial charge in [0.05, 0.1) is 0 Å². The van der Waals surface area contributed by atoms with Crippen molar-refractivity contribution >= 4 is 5.97 Å². The number of fused-ring (bicyclic) bond motifs is 3. The molecule has 1 heterocycles. The maximum Gasteiger partial charge on any atom is 0.308 e. The van der Waals surface area contributed by atoms with E-state index in [2.05, 4.69) is 59.8 Å². The molecule has 0 bridgehead atoms. The van der Waals surface area contributed by atoms with Crippen molar-refractivity contribution in [3.8, 4) is 11.5 Å². The van der Waals surface area contributed by atoms with Crippen LogP contribution in [0.3, 0.4) is 0 Å². The first kappa shape index (κ1) is 21.0. The van der Waals surface area contributed by atoms with E-state index in [0.717, 1.165) is 30.6 Å². The van der Waals surface area contributed by atoms with Crippen molar-refractivity contribution < 1.29 is 14.3 Å². The monoisotopic (exact) mass is 384 g/mol. The number of hydrogen-bond acceptors (Lipinski definition) is 3. The van der Waals surface area contributed by atoms with E-state index < -0.39 is 0 Å². The molecule has 0 radical (unpaired) electrons. The van der Waals surface area contributed by atoms with E-state index in [4.69, 9.17) is 9.47 Å². The number of benzene rings is 1. The van der Waals surface area contributed by atoms with Gasteiger partial charge in [0.15, 0.2) is 0 Å². The van der Waals surface area contributed by atoms with Crippen molar-refractivity contribution in [1.29, 1.82) is 0 Å². The summed E-state index contributed by atoms with van der Waals surface area (Å²) in [5.41, 5.74) is 3.45. The summed E-state index contributed by atoms with van der Waals surface area (Å²) >= 11 is 0. The highest BCUT2D eigenvalue weighted by molar-refractivity contribution is 5.71. The number of rotatable bonds is 5. The van der Waals surface area contributed by atoms with Gasteiger partial charge in [0.1, 0.15) is 17.1 Å². The number of carbonyl (C=O) groups excluding carboxylic acids is 1. The zero-order chi connectivity index (χ0) is 20.7. The Hall–Kier alpha value is -1.77. The van der Waals surface area contributed by atoms with Gasteiger partial charge in [-0.05, 0) is 63.1 Å². The third-order valence-electron chi connectivity index (χ3n) is 6.68. The van der Waals surface area contributed by atoms with Gasteiger partial charge in [0.25, 0.3) is 0 Å². The third kappa shape index (κ3) is 3.99. The van der Waals surface area contributed by atoms with Gasteiger partial charge in [-0.25, -0.2) is 0 Å². The lowest BCUT2D eigenvalue weighted by atomic mass is 9.66. The zero-order valence-corrected chi connectivity index (χ0v) is 18.6. The number of hydrogen-bond donors (Lipinski definition) is 0. The molecule has 3 nitrogen and oxygen atoms in total. The van der Waals surface area contributed by atoms with Gasteiger partial charge >= 0.3 is 5.97 Å². The average Bonchev–Trinajstić information content (AvgIpc) is 2.58. The Morgan fingerprint density at radius 1 is 1.32 bits per heavy atom. The Bertz CT molecular complexity index is 785. The number of unbranched alkanes of at least 4 members (excludes halogenated alkanes) is 1. The van der Waals surface area contributed by atoms with Crippen LogP contribution in [0, 0.1) is 5.92 Å². The first-order valence-electron chi connectivity index (χ1n) is 10.8. The largest absolute Gasteiger partial charge is 0.487 e. The molecule has 0 amide bonds.